The van der Waals surface area contributed by atoms with Gasteiger partial charge in [0.05, 0.1) is 0 Å². The van der Waals surface area contributed by atoms with Gasteiger partial charge >= 0.3 is 0 Å². The molecule has 0 spiro atoms. The average Bonchev–Trinajstić information content (AvgIpc) is 2.89. The Morgan fingerprint density at radius 3 is 2.82 bits per heavy atom. The van der Waals surface area contributed by atoms with E-state index < -0.39 is 0 Å². The number of nitrogens with zero attached hydrogens (tertiary/aromatic N) is 1. The number of aromatic nitrogens is 1. The van der Waals surface area contributed by atoms with Gasteiger partial charge in [-0.05, 0) is 5.56 Å². The van der Waals surface area contributed by atoms with Gasteiger partial charge in [-0.3, -0.25) is 4.79 Å². The molecule has 2 heterocycles. The zero-order chi connectivity index (χ0) is 11.7. The van der Waals surface area contributed by atoms with Crippen LogP contribution in [-0.2, 0) is 6.42 Å². The minimum atomic E-state index is 0.187. The quantitative estimate of drug-likeness (QED) is 0.645. The highest BCUT2D eigenvalue weighted by Crippen LogP contribution is 2.22. The van der Waals surface area contributed by atoms with Crippen LogP contribution >= 0.6 is 0 Å². The third kappa shape index (κ3) is 1.73. The molecule has 4 nitrogen and oxygen atoms in total. The summed E-state index contributed by atoms with van der Waals surface area (Å²) in [7, 11) is 0. The molecule has 0 aliphatic heterocycles. The van der Waals surface area contributed by atoms with Crippen LogP contribution in [0.1, 0.15) is 22.0 Å². The maximum Gasteiger partial charge on any atom is 0.211 e. The molecule has 1 aromatic carbocycles. The van der Waals surface area contributed by atoms with Crippen molar-refractivity contribution < 1.29 is 13.6 Å². The SMILES string of the molecule is O=Cc1occ2nc(Cc3ccccc3)oc12. The van der Waals surface area contributed by atoms with E-state index in [4.69, 9.17) is 8.83 Å². The Balaban J connectivity index is 1.96. The van der Waals surface area contributed by atoms with E-state index in [1.165, 1.54) is 6.26 Å². The molecule has 0 amide bonds. The lowest BCUT2D eigenvalue weighted by Crippen LogP contribution is -1.86. The summed E-state index contributed by atoms with van der Waals surface area (Å²) >= 11 is 0. The molecule has 0 saturated carbocycles. The second kappa shape index (κ2) is 3.90. The van der Waals surface area contributed by atoms with Crippen molar-refractivity contribution in [2.45, 2.75) is 6.42 Å². The van der Waals surface area contributed by atoms with Crippen LogP contribution in [0, 0.1) is 0 Å². The predicted octanol–water partition coefficient (Wildman–Crippen LogP) is 2.82. The Morgan fingerprint density at radius 2 is 2.06 bits per heavy atom. The molecule has 0 atom stereocenters. The van der Waals surface area contributed by atoms with Gasteiger partial charge in [-0.15, -0.1) is 0 Å². The second-order valence-electron chi connectivity index (χ2n) is 3.70. The molecule has 0 aliphatic rings. The van der Waals surface area contributed by atoms with Crippen molar-refractivity contribution in [3.05, 3.63) is 53.8 Å². The molecule has 0 radical (unpaired) electrons. The minimum absolute atomic E-state index is 0.187. The van der Waals surface area contributed by atoms with Gasteiger partial charge in [0.15, 0.2) is 12.2 Å². The fourth-order valence-electron chi connectivity index (χ4n) is 1.73. The fourth-order valence-corrected chi connectivity index (χ4v) is 1.73. The maximum absolute atomic E-state index is 10.7. The lowest BCUT2D eigenvalue weighted by Gasteiger charge is -1.95. The fraction of sp³-hybridized carbons (Fsp3) is 0.0769. The van der Waals surface area contributed by atoms with E-state index in [0.717, 1.165) is 5.56 Å². The Bertz CT molecular complexity index is 652. The number of furan rings is 1. The summed E-state index contributed by atoms with van der Waals surface area (Å²) in [6.07, 6.45) is 2.66. The summed E-state index contributed by atoms with van der Waals surface area (Å²) in [4.78, 5) is 14.9. The van der Waals surface area contributed by atoms with Crippen molar-refractivity contribution in [3.63, 3.8) is 0 Å². The molecule has 0 bridgehead atoms. The lowest BCUT2D eigenvalue weighted by molar-refractivity contribution is 0.110. The standard InChI is InChI=1S/C13H9NO3/c15-7-11-13-10(8-16-11)14-12(17-13)6-9-4-2-1-3-5-9/h1-5,7-8H,6H2. The van der Waals surface area contributed by atoms with Crippen LogP contribution in [0.25, 0.3) is 11.1 Å². The summed E-state index contributed by atoms with van der Waals surface area (Å²) in [5.74, 6) is 0.770. The van der Waals surface area contributed by atoms with Gasteiger partial charge < -0.3 is 8.83 Å². The van der Waals surface area contributed by atoms with Crippen LogP contribution in [0.3, 0.4) is 0 Å². The summed E-state index contributed by atoms with van der Waals surface area (Å²) in [5.41, 5.74) is 2.12. The van der Waals surface area contributed by atoms with Gasteiger partial charge in [-0.2, -0.15) is 0 Å². The van der Waals surface area contributed by atoms with Crippen LogP contribution in [0.5, 0.6) is 0 Å². The van der Waals surface area contributed by atoms with Crippen molar-refractivity contribution in [1.29, 1.82) is 0 Å². The largest absolute Gasteiger partial charge is 0.455 e. The highest BCUT2D eigenvalue weighted by molar-refractivity contribution is 5.89. The molecule has 0 fully saturated rings. The lowest BCUT2D eigenvalue weighted by atomic mass is 10.1. The molecule has 2 aromatic heterocycles. The minimum Gasteiger partial charge on any atom is -0.455 e. The van der Waals surface area contributed by atoms with E-state index in [1.807, 2.05) is 30.3 Å². The number of hydrogen-bond acceptors (Lipinski definition) is 4. The first-order valence-electron chi connectivity index (χ1n) is 5.23. The molecule has 0 unspecified atom stereocenters. The van der Waals surface area contributed by atoms with Gasteiger partial charge in [0.2, 0.25) is 11.3 Å². The third-order valence-electron chi connectivity index (χ3n) is 2.52. The Hall–Kier alpha value is -2.36. The number of fused-ring (bicyclic) bond motifs is 1. The van der Waals surface area contributed by atoms with Gasteiger partial charge in [0, 0.05) is 6.42 Å². The van der Waals surface area contributed by atoms with Crippen LogP contribution in [0.4, 0.5) is 0 Å². The van der Waals surface area contributed by atoms with Gasteiger partial charge in [-0.25, -0.2) is 4.98 Å². The number of benzene rings is 1. The van der Waals surface area contributed by atoms with Crippen molar-refractivity contribution >= 4 is 17.4 Å². The van der Waals surface area contributed by atoms with Crippen LogP contribution < -0.4 is 0 Å². The third-order valence-corrected chi connectivity index (χ3v) is 2.52. The summed E-state index contributed by atoms with van der Waals surface area (Å²) in [5, 5.41) is 0. The van der Waals surface area contributed by atoms with Gasteiger partial charge in [0.25, 0.3) is 0 Å². The average molecular weight is 227 g/mol. The van der Waals surface area contributed by atoms with Crippen molar-refractivity contribution in [2.24, 2.45) is 0 Å². The number of aldehydes is 1. The maximum atomic E-state index is 10.7. The molecular formula is C13H9NO3. The summed E-state index contributed by atoms with van der Waals surface area (Å²) in [6, 6.07) is 9.88. The van der Waals surface area contributed by atoms with Crippen LogP contribution in [-0.4, -0.2) is 11.3 Å². The number of carbonyl (C=O) groups excluding carboxylic acids is 1. The number of carbonyl (C=O) groups is 1. The van der Waals surface area contributed by atoms with E-state index in [0.29, 0.717) is 29.7 Å². The molecule has 0 aliphatic carbocycles. The highest BCUT2D eigenvalue weighted by atomic mass is 16.4. The first-order valence-corrected chi connectivity index (χ1v) is 5.23. The molecule has 84 valence electrons. The van der Waals surface area contributed by atoms with Crippen LogP contribution in [0.2, 0.25) is 0 Å². The summed E-state index contributed by atoms with van der Waals surface area (Å²) in [6.45, 7) is 0. The number of rotatable bonds is 3. The van der Waals surface area contributed by atoms with Crippen LogP contribution in [0.15, 0.2) is 45.4 Å². The van der Waals surface area contributed by atoms with Gasteiger partial charge in [-0.1, -0.05) is 30.3 Å². The van der Waals surface area contributed by atoms with E-state index in [2.05, 4.69) is 4.98 Å². The first kappa shape index (κ1) is 9.84. The zero-order valence-electron chi connectivity index (χ0n) is 8.92. The van der Waals surface area contributed by atoms with E-state index in [1.54, 1.807) is 0 Å². The van der Waals surface area contributed by atoms with Crippen molar-refractivity contribution in [1.82, 2.24) is 4.98 Å². The van der Waals surface area contributed by atoms with E-state index in [9.17, 15) is 4.79 Å². The monoisotopic (exact) mass is 227 g/mol. The number of hydrogen-bond donors (Lipinski definition) is 0. The Kier molecular flexibility index (Phi) is 2.26. The Labute approximate surface area is 96.9 Å². The molecule has 17 heavy (non-hydrogen) atoms. The molecule has 0 N–H and O–H groups in total. The normalized spacial score (nSPS) is 10.8. The van der Waals surface area contributed by atoms with Crippen molar-refractivity contribution in [3.8, 4) is 0 Å². The zero-order valence-corrected chi connectivity index (χ0v) is 8.92. The predicted molar refractivity (Wildman–Crippen MR) is 60.9 cm³/mol. The van der Waals surface area contributed by atoms with E-state index >= 15 is 0 Å². The van der Waals surface area contributed by atoms with E-state index in [-0.39, 0.29) is 5.76 Å². The summed E-state index contributed by atoms with van der Waals surface area (Å²) < 4.78 is 10.5. The molecule has 3 aromatic rings. The molecule has 0 saturated heterocycles. The smallest absolute Gasteiger partial charge is 0.211 e. The van der Waals surface area contributed by atoms with Crippen molar-refractivity contribution in [2.75, 3.05) is 0 Å². The highest BCUT2D eigenvalue weighted by Gasteiger charge is 2.13. The Morgan fingerprint density at radius 1 is 1.24 bits per heavy atom. The molecule has 3 rings (SSSR count). The second-order valence-corrected chi connectivity index (χ2v) is 3.70. The van der Waals surface area contributed by atoms with Gasteiger partial charge in [0.1, 0.15) is 11.8 Å². The number of oxazole rings is 1. The molecular weight excluding hydrogens is 218 g/mol. The topological polar surface area (TPSA) is 56.2 Å². The first-order chi connectivity index (χ1) is 8.36. The molecule has 4 heteroatoms.